The van der Waals surface area contributed by atoms with Crippen LogP contribution in [0, 0.1) is 0 Å². The zero-order valence-electron chi connectivity index (χ0n) is 10.8. The van der Waals surface area contributed by atoms with E-state index in [1.165, 1.54) is 6.33 Å². The Morgan fingerprint density at radius 3 is 2.85 bits per heavy atom. The van der Waals surface area contributed by atoms with E-state index in [4.69, 9.17) is 4.74 Å². The SMILES string of the molecule is CCOC(=O)c1c[nH]c2ncnc(-c3ccncc3)c12. The highest BCUT2D eigenvalue weighted by atomic mass is 16.5. The molecule has 0 atom stereocenters. The Hall–Kier alpha value is -2.76. The van der Waals surface area contributed by atoms with Crippen molar-refractivity contribution in [3.8, 4) is 11.3 Å². The van der Waals surface area contributed by atoms with Crippen LogP contribution in [0.5, 0.6) is 0 Å². The Balaban J connectivity index is 2.23. The minimum atomic E-state index is -0.385. The quantitative estimate of drug-likeness (QED) is 0.736. The van der Waals surface area contributed by atoms with Crippen LogP contribution in [0.25, 0.3) is 22.3 Å². The molecule has 20 heavy (non-hydrogen) atoms. The Kier molecular flexibility index (Phi) is 3.12. The van der Waals surface area contributed by atoms with Crippen LogP contribution in [-0.4, -0.2) is 32.5 Å². The molecule has 0 unspecified atom stereocenters. The lowest BCUT2D eigenvalue weighted by Gasteiger charge is -2.04. The van der Waals surface area contributed by atoms with E-state index in [9.17, 15) is 4.79 Å². The van der Waals surface area contributed by atoms with Gasteiger partial charge in [0.1, 0.15) is 12.0 Å². The number of ether oxygens (including phenoxy) is 1. The zero-order valence-corrected chi connectivity index (χ0v) is 10.8. The highest BCUT2D eigenvalue weighted by Crippen LogP contribution is 2.27. The van der Waals surface area contributed by atoms with Crippen molar-refractivity contribution in [2.45, 2.75) is 6.92 Å². The van der Waals surface area contributed by atoms with Crippen LogP contribution in [0.1, 0.15) is 17.3 Å². The van der Waals surface area contributed by atoms with Crippen molar-refractivity contribution in [2.75, 3.05) is 6.61 Å². The highest BCUT2D eigenvalue weighted by Gasteiger charge is 2.18. The van der Waals surface area contributed by atoms with Crippen molar-refractivity contribution < 1.29 is 9.53 Å². The van der Waals surface area contributed by atoms with Crippen molar-refractivity contribution >= 4 is 17.0 Å². The first kappa shape index (κ1) is 12.3. The predicted molar refractivity (Wildman–Crippen MR) is 73.1 cm³/mol. The predicted octanol–water partition coefficient (Wildman–Crippen LogP) is 2.20. The monoisotopic (exact) mass is 268 g/mol. The summed E-state index contributed by atoms with van der Waals surface area (Å²) in [6.07, 6.45) is 6.42. The van der Waals surface area contributed by atoms with Crippen molar-refractivity contribution in [2.24, 2.45) is 0 Å². The Labute approximate surface area is 114 Å². The summed E-state index contributed by atoms with van der Waals surface area (Å²) in [6, 6.07) is 3.67. The molecule has 0 spiro atoms. The molecule has 6 heteroatoms. The minimum absolute atomic E-state index is 0.323. The number of pyridine rings is 1. The molecule has 0 saturated carbocycles. The molecule has 3 heterocycles. The van der Waals surface area contributed by atoms with Crippen molar-refractivity contribution in [3.63, 3.8) is 0 Å². The minimum Gasteiger partial charge on any atom is -0.462 e. The van der Waals surface area contributed by atoms with Gasteiger partial charge in [-0.25, -0.2) is 14.8 Å². The number of carbonyl (C=O) groups excluding carboxylic acids is 1. The molecule has 6 nitrogen and oxygen atoms in total. The van der Waals surface area contributed by atoms with Gasteiger partial charge < -0.3 is 9.72 Å². The van der Waals surface area contributed by atoms with Gasteiger partial charge in [0.25, 0.3) is 0 Å². The second-order valence-electron chi connectivity index (χ2n) is 4.10. The number of fused-ring (bicyclic) bond motifs is 1. The summed E-state index contributed by atoms with van der Waals surface area (Å²) in [6.45, 7) is 2.09. The van der Waals surface area contributed by atoms with Gasteiger partial charge in [-0.2, -0.15) is 0 Å². The van der Waals surface area contributed by atoms with Gasteiger partial charge in [-0.05, 0) is 19.1 Å². The number of aromatic nitrogens is 4. The fraction of sp³-hybridized carbons (Fsp3) is 0.143. The molecule has 0 aliphatic rings. The molecule has 3 aromatic heterocycles. The largest absolute Gasteiger partial charge is 0.462 e. The Morgan fingerprint density at radius 1 is 1.30 bits per heavy atom. The lowest BCUT2D eigenvalue weighted by Crippen LogP contribution is -2.04. The Morgan fingerprint density at radius 2 is 2.10 bits per heavy atom. The number of aromatic amines is 1. The maximum atomic E-state index is 12.0. The normalized spacial score (nSPS) is 10.7. The highest BCUT2D eigenvalue weighted by molar-refractivity contribution is 6.08. The van der Waals surface area contributed by atoms with Crippen molar-refractivity contribution in [1.29, 1.82) is 0 Å². The van der Waals surface area contributed by atoms with Gasteiger partial charge in [-0.1, -0.05) is 0 Å². The molecule has 0 fully saturated rings. The van der Waals surface area contributed by atoms with Crippen LogP contribution in [0.4, 0.5) is 0 Å². The summed E-state index contributed by atoms with van der Waals surface area (Å²) in [5, 5.41) is 0.664. The molecule has 3 rings (SSSR count). The first-order valence-electron chi connectivity index (χ1n) is 6.21. The topological polar surface area (TPSA) is 80.8 Å². The van der Waals surface area contributed by atoms with Gasteiger partial charge in [0.15, 0.2) is 0 Å². The van der Waals surface area contributed by atoms with E-state index in [1.54, 1.807) is 25.5 Å². The van der Waals surface area contributed by atoms with Crippen LogP contribution in [0.15, 0.2) is 37.1 Å². The second kappa shape index (κ2) is 5.08. The third-order valence-corrected chi connectivity index (χ3v) is 2.92. The lowest BCUT2D eigenvalue weighted by atomic mass is 10.1. The third kappa shape index (κ3) is 2.01. The fourth-order valence-corrected chi connectivity index (χ4v) is 2.06. The smallest absolute Gasteiger partial charge is 0.340 e. The maximum Gasteiger partial charge on any atom is 0.340 e. The standard InChI is InChI=1S/C14H12N4O2/c1-2-20-14(19)10-7-16-13-11(10)12(17-8-18-13)9-3-5-15-6-4-9/h3-8H,2H2,1H3,(H,16,17,18). The summed E-state index contributed by atoms with van der Waals surface area (Å²) < 4.78 is 5.06. The molecule has 100 valence electrons. The molecule has 0 radical (unpaired) electrons. The van der Waals surface area contributed by atoms with E-state index in [1.807, 2.05) is 12.1 Å². The van der Waals surface area contributed by atoms with Gasteiger partial charge in [0, 0.05) is 24.2 Å². The van der Waals surface area contributed by atoms with E-state index in [0.29, 0.717) is 28.9 Å². The van der Waals surface area contributed by atoms with E-state index in [2.05, 4.69) is 19.9 Å². The van der Waals surface area contributed by atoms with Crippen LogP contribution < -0.4 is 0 Å². The number of nitrogens with zero attached hydrogens (tertiary/aromatic N) is 3. The average molecular weight is 268 g/mol. The van der Waals surface area contributed by atoms with Crippen molar-refractivity contribution in [3.05, 3.63) is 42.6 Å². The molecule has 0 aliphatic carbocycles. The van der Waals surface area contributed by atoms with Crippen LogP contribution in [0.3, 0.4) is 0 Å². The number of rotatable bonds is 3. The summed E-state index contributed by atoms with van der Waals surface area (Å²) in [4.78, 5) is 27.4. The first-order chi connectivity index (χ1) is 9.81. The van der Waals surface area contributed by atoms with Gasteiger partial charge in [0.05, 0.1) is 23.3 Å². The number of carbonyl (C=O) groups is 1. The first-order valence-corrected chi connectivity index (χ1v) is 6.21. The summed E-state index contributed by atoms with van der Waals surface area (Å²) in [5.41, 5.74) is 2.60. The summed E-state index contributed by atoms with van der Waals surface area (Å²) >= 11 is 0. The second-order valence-corrected chi connectivity index (χ2v) is 4.10. The number of esters is 1. The zero-order chi connectivity index (χ0) is 13.9. The average Bonchev–Trinajstić information content (AvgIpc) is 2.92. The number of H-pyrrole nitrogens is 1. The van der Waals surface area contributed by atoms with Crippen LogP contribution in [0.2, 0.25) is 0 Å². The molecule has 0 saturated heterocycles. The molecular weight excluding hydrogens is 256 g/mol. The molecule has 1 N–H and O–H groups in total. The van der Waals surface area contributed by atoms with Crippen LogP contribution in [-0.2, 0) is 4.74 Å². The molecule has 0 aliphatic heterocycles. The number of hydrogen-bond acceptors (Lipinski definition) is 5. The third-order valence-electron chi connectivity index (χ3n) is 2.92. The van der Waals surface area contributed by atoms with Crippen molar-refractivity contribution in [1.82, 2.24) is 19.9 Å². The molecular formula is C14H12N4O2. The van der Waals surface area contributed by atoms with E-state index >= 15 is 0 Å². The number of hydrogen-bond donors (Lipinski definition) is 1. The van der Waals surface area contributed by atoms with Gasteiger partial charge in [0.2, 0.25) is 0 Å². The van der Waals surface area contributed by atoms with Gasteiger partial charge in [-0.3, -0.25) is 4.98 Å². The van der Waals surface area contributed by atoms with E-state index in [-0.39, 0.29) is 5.97 Å². The fourth-order valence-electron chi connectivity index (χ4n) is 2.06. The molecule has 0 bridgehead atoms. The maximum absolute atomic E-state index is 12.0. The lowest BCUT2D eigenvalue weighted by molar-refractivity contribution is 0.0528. The molecule has 3 aromatic rings. The number of nitrogens with one attached hydrogen (secondary N) is 1. The van der Waals surface area contributed by atoms with E-state index in [0.717, 1.165) is 5.56 Å². The van der Waals surface area contributed by atoms with Gasteiger partial charge in [-0.15, -0.1) is 0 Å². The van der Waals surface area contributed by atoms with Gasteiger partial charge >= 0.3 is 5.97 Å². The summed E-state index contributed by atoms with van der Waals surface area (Å²) in [5.74, 6) is -0.385. The molecule has 0 amide bonds. The Bertz CT molecular complexity index is 752. The summed E-state index contributed by atoms with van der Waals surface area (Å²) in [7, 11) is 0. The van der Waals surface area contributed by atoms with Crippen LogP contribution >= 0.6 is 0 Å². The van der Waals surface area contributed by atoms with E-state index < -0.39 is 0 Å². The molecule has 0 aromatic carbocycles.